The number of rotatable bonds is 4. The van der Waals surface area contributed by atoms with Gasteiger partial charge in [0.1, 0.15) is 11.9 Å². The lowest BCUT2D eigenvalue weighted by Crippen LogP contribution is -2.31. The minimum absolute atomic E-state index is 0.347. The third kappa shape index (κ3) is 3.88. The fraction of sp³-hybridized carbons (Fsp3) is 0.0833. The zero-order valence-electron chi connectivity index (χ0n) is 17.4. The maximum atomic E-state index is 13.4. The van der Waals surface area contributed by atoms with Gasteiger partial charge in [-0.25, -0.2) is 9.07 Å². The third-order valence-corrected chi connectivity index (χ3v) is 6.16. The van der Waals surface area contributed by atoms with E-state index in [1.54, 1.807) is 23.7 Å². The molecule has 0 unspecified atom stereocenters. The van der Waals surface area contributed by atoms with Crippen molar-refractivity contribution < 1.29 is 9.18 Å². The first kappa shape index (κ1) is 20.6. The maximum absolute atomic E-state index is 13.4. The number of fused-ring (bicyclic) bond motifs is 1. The van der Waals surface area contributed by atoms with Gasteiger partial charge in [0.05, 0.1) is 22.1 Å². The highest BCUT2D eigenvalue weighted by Gasteiger charge is 2.34. The number of nitriles is 1. The molecule has 5 rings (SSSR count). The summed E-state index contributed by atoms with van der Waals surface area (Å²) in [6.07, 6.45) is 0. The van der Waals surface area contributed by atoms with Crippen LogP contribution in [0.25, 0.3) is 10.7 Å². The second-order valence-electron chi connectivity index (χ2n) is 7.44. The molecule has 2 aromatic carbocycles. The molecular weight excluding hydrogens is 439 g/mol. The Hall–Kier alpha value is -4.29. The number of aromatic nitrogens is 3. The largest absolute Gasteiger partial charge is 0.328 e. The van der Waals surface area contributed by atoms with Crippen molar-refractivity contribution in [1.82, 2.24) is 14.8 Å². The zero-order chi connectivity index (χ0) is 22.9. The molecular formula is C24H17FN6OS. The third-order valence-electron chi connectivity index (χ3n) is 5.30. The van der Waals surface area contributed by atoms with Gasteiger partial charge in [0.25, 0.3) is 5.91 Å². The van der Waals surface area contributed by atoms with Crippen LogP contribution in [0.1, 0.15) is 24.1 Å². The van der Waals surface area contributed by atoms with Gasteiger partial charge in [-0.3, -0.25) is 4.79 Å². The summed E-state index contributed by atoms with van der Waals surface area (Å²) < 4.78 is 15.0. The standard InChI is InChI=1S/C24H17FN6OS/c1-14-20(23(32)28-18-10-8-17(25)9-11-18)21(16-6-4-15(13-26)5-7-16)31-24(27-14)29-22(30-31)19-3-2-12-33-19/h2-12,21H,1H3,(H,28,32)(H,27,29,30)/t21-/m0/s1. The zero-order valence-corrected chi connectivity index (χ0v) is 18.2. The number of nitrogens with zero attached hydrogens (tertiary/aromatic N) is 4. The number of amides is 1. The van der Waals surface area contributed by atoms with Crippen LogP contribution >= 0.6 is 11.3 Å². The van der Waals surface area contributed by atoms with E-state index in [1.807, 2.05) is 29.6 Å². The van der Waals surface area contributed by atoms with E-state index >= 15 is 0 Å². The molecule has 2 N–H and O–H groups in total. The highest BCUT2D eigenvalue weighted by atomic mass is 32.1. The van der Waals surface area contributed by atoms with Crippen LogP contribution in [0.15, 0.2) is 77.3 Å². The van der Waals surface area contributed by atoms with Crippen molar-refractivity contribution in [3.05, 3.63) is 94.3 Å². The minimum Gasteiger partial charge on any atom is -0.328 e. The van der Waals surface area contributed by atoms with E-state index in [2.05, 4.69) is 21.7 Å². The molecule has 1 aliphatic rings. The number of carbonyl (C=O) groups is 1. The van der Waals surface area contributed by atoms with Crippen molar-refractivity contribution in [1.29, 1.82) is 5.26 Å². The summed E-state index contributed by atoms with van der Waals surface area (Å²) in [7, 11) is 0. The first-order valence-electron chi connectivity index (χ1n) is 10.1. The van der Waals surface area contributed by atoms with Gasteiger partial charge in [0.15, 0.2) is 5.82 Å². The summed E-state index contributed by atoms with van der Waals surface area (Å²) in [4.78, 5) is 18.9. The molecule has 0 radical (unpaired) electrons. The van der Waals surface area contributed by atoms with Gasteiger partial charge in [0.2, 0.25) is 5.95 Å². The quantitative estimate of drug-likeness (QED) is 0.453. The number of halogens is 1. The molecule has 9 heteroatoms. The SMILES string of the molecule is CC1=C(C(=O)Nc2ccc(F)cc2)[C@H](c2ccc(C#N)cc2)n2nc(-c3cccs3)nc2N1. The van der Waals surface area contributed by atoms with E-state index in [0.29, 0.717) is 34.3 Å². The second kappa shape index (κ2) is 8.33. The Balaban J connectivity index is 1.59. The fourth-order valence-corrected chi connectivity index (χ4v) is 4.39. The topological polar surface area (TPSA) is 95.6 Å². The summed E-state index contributed by atoms with van der Waals surface area (Å²) in [5, 5.41) is 21.9. The first-order valence-corrected chi connectivity index (χ1v) is 11.0. The average Bonchev–Trinajstić information content (AvgIpc) is 3.49. The van der Waals surface area contributed by atoms with E-state index in [1.165, 1.54) is 35.6 Å². The van der Waals surface area contributed by atoms with Crippen LogP contribution < -0.4 is 10.6 Å². The summed E-state index contributed by atoms with van der Waals surface area (Å²) in [5.74, 6) is 0.342. The summed E-state index contributed by atoms with van der Waals surface area (Å²) in [5.41, 5.74) is 2.84. The van der Waals surface area contributed by atoms with Gasteiger partial charge in [-0.1, -0.05) is 18.2 Å². The summed E-state index contributed by atoms with van der Waals surface area (Å²) >= 11 is 1.53. The van der Waals surface area contributed by atoms with Crippen molar-refractivity contribution in [2.45, 2.75) is 13.0 Å². The monoisotopic (exact) mass is 456 g/mol. The fourth-order valence-electron chi connectivity index (χ4n) is 3.74. The van der Waals surface area contributed by atoms with Gasteiger partial charge >= 0.3 is 0 Å². The molecule has 4 aromatic rings. The molecule has 0 fully saturated rings. The van der Waals surface area contributed by atoms with Crippen molar-refractivity contribution in [3.63, 3.8) is 0 Å². The lowest BCUT2D eigenvalue weighted by atomic mass is 9.94. The van der Waals surface area contributed by atoms with Crippen LogP contribution in [-0.4, -0.2) is 20.7 Å². The van der Waals surface area contributed by atoms with E-state index in [-0.39, 0.29) is 11.7 Å². The van der Waals surface area contributed by atoms with Crippen molar-refractivity contribution in [2.24, 2.45) is 0 Å². The molecule has 162 valence electrons. The van der Waals surface area contributed by atoms with Crippen LogP contribution in [0.2, 0.25) is 0 Å². The van der Waals surface area contributed by atoms with E-state index in [9.17, 15) is 14.4 Å². The number of hydrogen-bond acceptors (Lipinski definition) is 6. The van der Waals surface area contributed by atoms with Gasteiger partial charge in [0, 0.05) is 11.4 Å². The predicted octanol–water partition coefficient (Wildman–Crippen LogP) is 4.94. The minimum atomic E-state index is -0.573. The number of nitrogens with one attached hydrogen (secondary N) is 2. The number of allylic oxidation sites excluding steroid dienone is 1. The Bertz CT molecular complexity index is 1400. The van der Waals surface area contributed by atoms with Crippen LogP contribution in [0.5, 0.6) is 0 Å². The average molecular weight is 457 g/mol. The number of benzene rings is 2. The number of anilines is 2. The molecule has 2 aromatic heterocycles. The molecule has 1 amide bonds. The van der Waals surface area contributed by atoms with Crippen LogP contribution in [0.3, 0.4) is 0 Å². The molecule has 0 spiro atoms. The van der Waals surface area contributed by atoms with Crippen LogP contribution in [-0.2, 0) is 4.79 Å². The van der Waals surface area contributed by atoms with Crippen molar-refractivity contribution in [3.8, 4) is 16.8 Å². The Kier molecular flexibility index (Phi) is 5.20. The Morgan fingerprint density at radius 1 is 1.18 bits per heavy atom. The maximum Gasteiger partial charge on any atom is 0.255 e. The van der Waals surface area contributed by atoms with Gasteiger partial charge in [-0.15, -0.1) is 16.4 Å². The molecule has 7 nitrogen and oxygen atoms in total. The molecule has 0 aliphatic carbocycles. The van der Waals surface area contributed by atoms with E-state index in [0.717, 1.165) is 10.4 Å². The molecule has 1 atom stereocenters. The Labute approximate surface area is 192 Å². The highest BCUT2D eigenvalue weighted by molar-refractivity contribution is 7.13. The van der Waals surface area contributed by atoms with E-state index < -0.39 is 6.04 Å². The van der Waals surface area contributed by atoms with Gasteiger partial charge in [-0.2, -0.15) is 10.2 Å². The summed E-state index contributed by atoms with van der Waals surface area (Å²) in [6, 6.07) is 18.0. The van der Waals surface area contributed by atoms with Gasteiger partial charge < -0.3 is 10.6 Å². The molecule has 1 aliphatic heterocycles. The second-order valence-corrected chi connectivity index (χ2v) is 8.39. The molecule has 0 bridgehead atoms. The summed E-state index contributed by atoms with van der Waals surface area (Å²) in [6.45, 7) is 1.80. The van der Waals surface area contributed by atoms with Crippen molar-refractivity contribution in [2.75, 3.05) is 10.6 Å². The molecule has 33 heavy (non-hydrogen) atoms. The normalized spacial score (nSPS) is 14.9. The first-order chi connectivity index (χ1) is 16.0. The lowest BCUT2D eigenvalue weighted by molar-refractivity contribution is -0.113. The lowest BCUT2D eigenvalue weighted by Gasteiger charge is -2.28. The van der Waals surface area contributed by atoms with Crippen LogP contribution in [0.4, 0.5) is 16.0 Å². The number of carbonyl (C=O) groups excluding carboxylic acids is 1. The van der Waals surface area contributed by atoms with E-state index in [4.69, 9.17) is 5.10 Å². The van der Waals surface area contributed by atoms with Crippen LogP contribution in [0, 0.1) is 17.1 Å². The number of hydrogen-bond donors (Lipinski definition) is 2. The Morgan fingerprint density at radius 2 is 1.94 bits per heavy atom. The van der Waals surface area contributed by atoms with Gasteiger partial charge in [-0.05, 0) is 60.3 Å². The number of thiophene rings is 1. The highest BCUT2D eigenvalue weighted by Crippen LogP contribution is 2.37. The molecule has 0 saturated heterocycles. The predicted molar refractivity (Wildman–Crippen MR) is 124 cm³/mol. The molecule has 0 saturated carbocycles. The smallest absolute Gasteiger partial charge is 0.255 e. The molecule has 3 heterocycles. The Morgan fingerprint density at radius 3 is 2.61 bits per heavy atom. The van der Waals surface area contributed by atoms with Crippen molar-refractivity contribution >= 4 is 28.9 Å².